The fraction of sp³-hybridized carbons (Fsp3) is 0.400. The van der Waals surface area contributed by atoms with E-state index in [1.807, 2.05) is 13.8 Å². The number of nitrogens with one attached hydrogen (secondary N) is 4. The van der Waals surface area contributed by atoms with E-state index in [-0.39, 0.29) is 36.4 Å². The van der Waals surface area contributed by atoms with E-state index < -0.39 is 77.0 Å². The Balaban J connectivity index is 1.53. The van der Waals surface area contributed by atoms with Crippen molar-refractivity contribution in [2.24, 2.45) is 11.8 Å². The molecule has 44 heavy (non-hydrogen) atoms. The lowest BCUT2D eigenvalue weighted by atomic mass is 9.95. The predicted molar refractivity (Wildman–Crippen MR) is 148 cm³/mol. The minimum absolute atomic E-state index is 0.0131. The van der Waals surface area contributed by atoms with Crippen molar-refractivity contribution in [1.29, 1.82) is 0 Å². The first kappa shape index (κ1) is 32.4. The highest BCUT2D eigenvalue weighted by Gasteiger charge is 2.34. The SMILES string of the molecule is CC(C)CC[C@H](NC(=O)c1cc2cc(F)ccc2[nH]1)C(=O)N[C@@H](C[C@@H]1CCNC1=O)C(=O)COc1c(F)c(F)cc(F)c1F. The Hall–Kier alpha value is -4.49. The quantitative estimate of drug-likeness (QED) is 0.169. The van der Waals surface area contributed by atoms with Crippen molar-refractivity contribution in [2.75, 3.05) is 13.2 Å². The van der Waals surface area contributed by atoms with E-state index in [0.29, 0.717) is 30.3 Å². The molecule has 3 atom stereocenters. The van der Waals surface area contributed by atoms with E-state index in [0.717, 1.165) is 0 Å². The van der Waals surface area contributed by atoms with Gasteiger partial charge in [0.15, 0.2) is 23.2 Å². The first-order valence-electron chi connectivity index (χ1n) is 14.0. The van der Waals surface area contributed by atoms with Gasteiger partial charge in [0.1, 0.15) is 24.2 Å². The number of ether oxygens (including phenoxy) is 1. The highest BCUT2D eigenvalue weighted by atomic mass is 19.2. The van der Waals surface area contributed by atoms with Gasteiger partial charge >= 0.3 is 0 Å². The number of Topliss-reactive ketones (excluding diaryl/α,β-unsaturated/α-hetero) is 1. The van der Waals surface area contributed by atoms with Crippen molar-refractivity contribution in [3.8, 4) is 5.75 Å². The largest absolute Gasteiger partial charge is 0.479 e. The number of hydrogen-bond donors (Lipinski definition) is 4. The summed E-state index contributed by atoms with van der Waals surface area (Å²) in [5.41, 5.74) is 0.550. The maximum Gasteiger partial charge on any atom is 0.268 e. The van der Waals surface area contributed by atoms with Crippen LogP contribution < -0.4 is 20.7 Å². The molecule has 9 nitrogen and oxygen atoms in total. The first-order chi connectivity index (χ1) is 20.8. The zero-order valence-electron chi connectivity index (χ0n) is 23.9. The van der Waals surface area contributed by atoms with Crippen LogP contribution in [0.4, 0.5) is 22.0 Å². The lowest BCUT2D eigenvalue weighted by Crippen LogP contribution is -2.53. The zero-order chi connectivity index (χ0) is 32.1. The van der Waals surface area contributed by atoms with Gasteiger partial charge in [-0.1, -0.05) is 13.8 Å². The highest BCUT2D eigenvalue weighted by Crippen LogP contribution is 2.27. The second-order valence-electron chi connectivity index (χ2n) is 11.0. The standard InChI is InChI=1S/C30H31F5N4O5/c1-14(2)3-5-21(38-30(43)23-11-16-9-17(31)4-6-20(16)37-23)29(42)39-22(10-15-7-8-36-28(15)41)24(40)13-44-27-25(34)18(32)12-19(33)26(27)35/h4,6,9,11-12,14-15,21-22,37H,3,5,7-8,10,13H2,1-2H3,(H,36,41)(H,38,43)(H,39,42)/t15-,21-,22-/m0/s1. The smallest absolute Gasteiger partial charge is 0.268 e. The summed E-state index contributed by atoms with van der Waals surface area (Å²) in [6.45, 7) is 3.04. The van der Waals surface area contributed by atoms with Gasteiger partial charge in [-0.05, 0) is 55.9 Å². The Kier molecular flexibility index (Phi) is 10.2. The van der Waals surface area contributed by atoms with Crippen molar-refractivity contribution in [1.82, 2.24) is 20.9 Å². The third kappa shape index (κ3) is 7.71. The van der Waals surface area contributed by atoms with Gasteiger partial charge in [-0.25, -0.2) is 13.2 Å². The molecule has 3 amide bonds. The molecule has 2 heterocycles. The number of rotatable bonds is 13. The molecule has 0 saturated carbocycles. The van der Waals surface area contributed by atoms with Crippen molar-refractivity contribution in [3.05, 3.63) is 65.1 Å². The molecule has 3 aromatic rings. The van der Waals surface area contributed by atoms with Crippen LogP contribution in [0.3, 0.4) is 0 Å². The molecular weight excluding hydrogens is 591 g/mol. The number of aromatic amines is 1. The molecule has 1 aliphatic rings. The first-order valence-corrected chi connectivity index (χ1v) is 14.0. The van der Waals surface area contributed by atoms with Crippen LogP contribution in [0.5, 0.6) is 5.75 Å². The van der Waals surface area contributed by atoms with Crippen LogP contribution in [0.1, 0.15) is 50.0 Å². The van der Waals surface area contributed by atoms with Gasteiger partial charge in [0.05, 0.1) is 6.04 Å². The Morgan fingerprint density at radius 2 is 1.66 bits per heavy atom. The molecule has 1 saturated heterocycles. The number of amides is 3. The Morgan fingerprint density at radius 1 is 0.955 bits per heavy atom. The molecule has 1 aromatic heterocycles. The highest BCUT2D eigenvalue weighted by molar-refractivity contribution is 6.01. The molecule has 14 heteroatoms. The predicted octanol–water partition coefficient (Wildman–Crippen LogP) is 4.06. The minimum atomic E-state index is -1.84. The van der Waals surface area contributed by atoms with Gasteiger partial charge in [0, 0.05) is 29.4 Å². The monoisotopic (exact) mass is 622 g/mol. The van der Waals surface area contributed by atoms with Crippen molar-refractivity contribution < 1.29 is 45.9 Å². The number of carbonyl (C=O) groups is 4. The van der Waals surface area contributed by atoms with E-state index in [1.54, 1.807) is 0 Å². The summed E-state index contributed by atoms with van der Waals surface area (Å²) in [5.74, 6) is -12.4. The molecule has 0 bridgehead atoms. The van der Waals surface area contributed by atoms with E-state index in [4.69, 9.17) is 4.74 Å². The number of fused-ring (bicyclic) bond motifs is 1. The van der Waals surface area contributed by atoms with Gasteiger partial charge in [-0.15, -0.1) is 0 Å². The molecule has 2 aromatic carbocycles. The number of hydrogen-bond acceptors (Lipinski definition) is 5. The molecular formula is C30H31F5N4O5. The average molecular weight is 623 g/mol. The van der Waals surface area contributed by atoms with E-state index >= 15 is 0 Å². The number of H-pyrrole nitrogens is 1. The number of halogens is 5. The van der Waals surface area contributed by atoms with Crippen LogP contribution in [-0.4, -0.2) is 53.7 Å². The van der Waals surface area contributed by atoms with Gasteiger partial charge < -0.3 is 25.7 Å². The van der Waals surface area contributed by atoms with Crippen molar-refractivity contribution >= 4 is 34.4 Å². The van der Waals surface area contributed by atoms with Crippen LogP contribution in [0.15, 0.2) is 30.3 Å². The average Bonchev–Trinajstić information content (AvgIpc) is 3.58. The Bertz CT molecular complexity index is 1550. The Labute approximate surface area is 248 Å². The lowest BCUT2D eigenvalue weighted by Gasteiger charge is -2.24. The maximum absolute atomic E-state index is 14.1. The summed E-state index contributed by atoms with van der Waals surface area (Å²) in [6.07, 6.45) is 0.782. The molecule has 1 fully saturated rings. The van der Waals surface area contributed by atoms with Gasteiger partial charge in [0.25, 0.3) is 5.91 Å². The molecule has 0 radical (unpaired) electrons. The minimum Gasteiger partial charge on any atom is -0.479 e. The summed E-state index contributed by atoms with van der Waals surface area (Å²) in [5, 5.41) is 8.17. The molecule has 0 unspecified atom stereocenters. The van der Waals surface area contributed by atoms with E-state index in [1.165, 1.54) is 24.3 Å². The molecule has 4 N–H and O–H groups in total. The van der Waals surface area contributed by atoms with Crippen molar-refractivity contribution in [2.45, 2.75) is 51.6 Å². The fourth-order valence-electron chi connectivity index (χ4n) is 4.85. The van der Waals surface area contributed by atoms with Gasteiger partial charge in [-0.2, -0.15) is 8.78 Å². The summed E-state index contributed by atoms with van der Waals surface area (Å²) in [4.78, 5) is 54.8. The van der Waals surface area contributed by atoms with E-state index in [2.05, 4.69) is 20.9 Å². The van der Waals surface area contributed by atoms with Crippen molar-refractivity contribution in [3.63, 3.8) is 0 Å². The van der Waals surface area contributed by atoms with Gasteiger partial charge in [0.2, 0.25) is 23.4 Å². The van der Waals surface area contributed by atoms with Crippen LogP contribution >= 0.6 is 0 Å². The third-order valence-electron chi connectivity index (χ3n) is 7.30. The van der Waals surface area contributed by atoms with Crippen LogP contribution in [0.25, 0.3) is 10.9 Å². The summed E-state index contributed by atoms with van der Waals surface area (Å²) < 4.78 is 73.8. The molecule has 1 aliphatic heterocycles. The number of aromatic nitrogens is 1. The van der Waals surface area contributed by atoms with Gasteiger partial charge in [-0.3, -0.25) is 19.2 Å². The molecule has 4 rings (SSSR count). The summed E-state index contributed by atoms with van der Waals surface area (Å²) in [7, 11) is 0. The van der Waals surface area contributed by atoms with Crippen LogP contribution in [0.2, 0.25) is 0 Å². The zero-order valence-corrected chi connectivity index (χ0v) is 23.9. The topological polar surface area (TPSA) is 129 Å². The second kappa shape index (κ2) is 13.9. The molecule has 0 spiro atoms. The summed E-state index contributed by atoms with van der Waals surface area (Å²) in [6, 6.07) is 2.74. The van der Waals surface area contributed by atoms with Crippen LogP contribution in [-0.2, 0) is 14.4 Å². The molecule has 0 aliphatic carbocycles. The molecule has 236 valence electrons. The Morgan fingerprint density at radius 3 is 2.30 bits per heavy atom. The lowest BCUT2D eigenvalue weighted by molar-refractivity contribution is -0.131. The second-order valence-corrected chi connectivity index (χ2v) is 11.0. The number of benzene rings is 2. The fourth-order valence-corrected chi connectivity index (χ4v) is 4.85. The summed E-state index contributed by atoms with van der Waals surface area (Å²) >= 11 is 0. The van der Waals surface area contributed by atoms with E-state index in [9.17, 15) is 41.1 Å². The maximum atomic E-state index is 14.1. The number of carbonyl (C=O) groups excluding carboxylic acids is 4. The normalized spacial score (nSPS) is 16.1. The third-order valence-corrected chi connectivity index (χ3v) is 7.30. The van der Waals surface area contributed by atoms with Crippen LogP contribution in [0, 0.1) is 40.9 Å². The number of ketones is 1.